The summed E-state index contributed by atoms with van der Waals surface area (Å²) in [6.07, 6.45) is 4.33. The lowest BCUT2D eigenvalue weighted by Crippen LogP contribution is -2.12. The first-order valence-corrected chi connectivity index (χ1v) is 4.80. The number of thiol groups is 1. The van der Waals surface area contributed by atoms with Crippen molar-refractivity contribution in [3.05, 3.63) is 29.3 Å². The smallest absolute Gasteiger partial charge is 0.128 e. The molecule has 0 saturated carbocycles. The van der Waals surface area contributed by atoms with Crippen molar-refractivity contribution >= 4 is 18.7 Å². The van der Waals surface area contributed by atoms with Gasteiger partial charge in [0.2, 0.25) is 0 Å². The zero-order chi connectivity index (χ0) is 9.42. The molecule has 1 nitrogen and oxygen atoms in total. The molecule has 2 rings (SSSR count). The quantitative estimate of drug-likeness (QED) is 0.621. The van der Waals surface area contributed by atoms with Gasteiger partial charge in [-0.1, -0.05) is 6.08 Å². The molecule has 0 aliphatic carbocycles. The van der Waals surface area contributed by atoms with Crippen LogP contribution in [-0.2, 0) is 0 Å². The van der Waals surface area contributed by atoms with Crippen molar-refractivity contribution in [3.8, 4) is 5.75 Å². The van der Waals surface area contributed by atoms with E-state index in [9.17, 15) is 0 Å². The maximum absolute atomic E-state index is 5.63. The largest absolute Gasteiger partial charge is 0.486 e. The third-order valence-corrected chi connectivity index (χ3v) is 2.67. The molecule has 0 spiro atoms. The first kappa shape index (κ1) is 8.70. The number of ether oxygens (including phenoxy) is 1. The van der Waals surface area contributed by atoms with Crippen LogP contribution in [-0.4, -0.2) is 6.10 Å². The average Bonchev–Trinajstić information content (AvgIpc) is 2.08. The van der Waals surface area contributed by atoms with E-state index in [1.165, 1.54) is 5.56 Å². The molecule has 1 aliphatic heterocycles. The number of fused-ring (bicyclic) bond motifs is 1. The lowest BCUT2D eigenvalue weighted by molar-refractivity contribution is 0.265. The van der Waals surface area contributed by atoms with E-state index in [0.717, 1.165) is 16.2 Å². The summed E-state index contributed by atoms with van der Waals surface area (Å²) in [5, 5.41) is 0. The molecule has 2 heteroatoms. The second-order valence-electron chi connectivity index (χ2n) is 3.36. The molecule has 1 aromatic carbocycles. The highest BCUT2D eigenvalue weighted by Crippen LogP contribution is 2.30. The van der Waals surface area contributed by atoms with Gasteiger partial charge in [0.1, 0.15) is 11.9 Å². The van der Waals surface area contributed by atoms with E-state index in [2.05, 4.69) is 37.8 Å². The van der Waals surface area contributed by atoms with Crippen LogP contribution in [0.25, 0.3) is 6.08 Å². The van der Waals surface area contributed by atoms with Crippen LogP contribution in [0.1, 0.15) is 18.1 Å². The summed E-state index contributed by atoms with van der Waals surface area (Å²) in [4.78, 5) is 0.987. The van der Waals surface area contributed by atoms with Gasteiger partial charge in [0.25, 0.3) is 0 Å². The van der Waals surface area contributed by atoms with Crippen LogP contribution < -0.4 is 4.74 Å². The van der Waals surface area contributed by atoms with Gasteiger partial charge >= 0.3 is 0 Å². The monoisotopic (exact) mass is 192 g/mol. The predicted octanol–water partition coefficient (Wildman–Crippen LogP) is 3.08. The molecule has 13 heavy (non-hydrogen) atoms. The van der Waals surface area contributed by atoms with E-state index in [1.807, 2.05) is 13.0 Å². The van der Waals surface area contributed by atoms with E-state index in [4.69, 9.17) is 4.74 Å². The summed E-state index contributed by atoms with van der Waals surface area (Å²) in [7, 11) is 0. The van der Waals surface area contributed by atoms with Crippen LogP contribution in [0.4, 0.5) is 0 Å². The molecule has 68 valence electrons. The third kappa shape index (κ3) is 1.59. The van der Waals surface area contributed by atoms with Gasteiger partial charge in [-0.25, -0.2) is 0 Å². The normalized spacial score (nSPS) is 19.5. The number of hydrogen-bond acceptors (Lipinski definition) is 2. The average molecular weight is 192 g/mol. The van der Waals surface area contributed by atoms with Crippen molar-refractivity contribution in [3.63, 3.8) is 0 Å². The van der Waals surface area contributed by atoms with Gasteiger partial charge in [0.05, 0.1) is 0 Å². The number of hydrogen-bond donors (Lipinski definition) is 1. The Bertz CT molecular complexity index is 369. The minimum atomic E-state index is 0.169. The molecular formula is C11H12OS. The van der Waals surface area contributed by atoms with Crippen molar-refractivity contribution < 1.29 is 4.74 Å². The molecule has 0 bridgehead atoms. The third-order valence-electron chi connectivity index (χ3n) is 2.19. The van der Waals surface area contributed by atoms with Crippen molar-refractivity contribution in [2.75, 3.05) is 0 Å². The Balaban J connectivity index is 2.52. The van der Waals surface area contributed by atoms with Gasteiger partial charge in [-0.15, -0.1) is 12.6 Å². The molecule has 1 atom stereocenters. The molecule has 0 saturated heterocycles. The highest BCUT2D eigenvalue weighted by Gasteiger charge is 2.11. The Morgan fingerprint density at radius 3 is 2.92 bits per heavy atom. The standard InChI is InChI=1S/C11H12OS/c1-7-5-9-4-3-8(2)12-10(9)6-11(7)13/h3-6,8,13H,1-2H3. The number of rotatable bonds is 0. The SMILES string of the molecule is Cc1cc2c(cc1S)OC(C)C=C2. The lowest BCUT2D eigenvalue weighted by Gasteiger charge is -2.19. The van der Waals surface area contributed by atoms with Crippen molar-refractivity contribution in [1.82, 2.24) is 0 Å². The van der Waals surface area contributed by atoms with Crippen LogP contribution in [0, 0.1) is 6.92 Å². The summed E-state index contributed by atoms with van der Waals surface area (Å²) >= 11 is 4.36. The van der Waals surface area contributed by atoms with Gasteiger partial charge in [-0.05, 0) is 37.6 Å². The van der Waals surface area contributed by atoms with Gasteiger partial charge in [-0.3, -0.25) is 0 Å². The summed E-state index contributed by atoms with van der Waals surface area (Å²) in [5.41, 5.74) is 2.33. The van der Waals surface area contributed by atoms with E-state index < -0.39 is 0 Å². The molecule has 1 heterocycles. The Morgan fingerprint density at radius 1 is 1.38 bits per heavy atom. The molecule has 1 unspecified atom stereocenters. The van der Waals surface area contributed by atoms with Crippen molar-refractivity contribution in [2.45, 2.75) is 24.8 Å². The van der Waals surface area contributed by atoms with Gasteiger partial charge in [-0.2, -0.15) is 0 Å². The van der Waals surface area contributed by atoms with Gasteiger partial charge in [0, 0.05) is 10.5 Å². The maximum atomic E-state index is 5.63. The molecule has 0 amide bonds. The fraction of sp³-hybridized carbons (Fsp3) is 0.273. The topological polar surface area (TPSA) is 9.23 Å². The molecule has 0 N–H and O–H groups in total. The Labute approximate surface area is 83.8 Å². The predicted molar refractivity (Wildman–Crippen MR) is 57.6 cm³/mol. The first-order chi connectivity index (χ1) is 6.16. The molecule has 1 aromatic rings. The summed E-state index contributed by atoms with van der Waals surface area (Å²) < 4.78 is 5.63. The first-order valence-electron chi connectivity index (χ1n) is 4.35. The zero-order valence-electron chi connectivity index (χ0n) is 7.74. The molecule has 0 radical (unpaired) electrons. The second kappa shape index (κ2) is 3.11. The number of aryl methyl sites for hydroxylation is 1. The van der Waals surface area contributed by atoms with E-state index >= 15 is 0 Å². The van der Waals surface area contributed by atoms with Crippen LogP contribution in [0.15, 0.2) is 23.1 Å². The molecular weight excluding hydrogens is 180 g/mol. The maximum Gasteiger partial charge on any atom is 0.128 e. The Kier molecular flexibility index (Phi) is 2.08. The van der Waals surface area contributed by atoms with Crippen molar-refractivity contribution in [1.29, 1.82) is 0 Å². The highest BCUT2D eigenvalue weighted by molar-refractivity contribution is 7.80. The zero-order valence-corrected chi connectivity index (χ0v) is 8.64. The van der Waals surface area contributed by atoms with E-state index in [1.54, 1.807) is 0 Å². The van der Waals surface area contributed by atoms with Crippen LogP contribution >= 0.6 is 12.6 Å². The highest BCUT2D eigenvalue weighted by atomic mass is 32.1. The van der Waals surface area contributed by atoms with Crippen LogP contribution in [0.5, 0.6) is 5.75 Å². The fourth-order valence-electron chi connectivity index (χ4n) is 1.41. The lowest BCUT2D eigenvalue weighted by atomic mass is 10.1. The summed E-state index contributed by atoms with van der Waals surface area (Å²) in [5.74, 6) is 0.936. The molecule has 1 aliphatic rings. The Morgan fingerprint density at radius 2 is 2.15 bits per heavy atom. The number of benzene rings is 1. The molecule has 0 aromatic heterocycles. The van der Waals surface area contributed by atoms with Crippen LogP contribution in [0.3, 0.4) is 0 Å². The fourth-order valence-corrected chi connectivity index (χ4v) is 1.59. The summed E-state index contributed by atoms with van der Waals surface area (Å²) in [6, 6.07) is 4.08. The second-order valence-corrected chi connectivity index (χ2v) is 3.84. The Hall–Kier alpha value is -0.890. The van der Waals surface area contributed by atoms with E-state index in [0.29, 0.717) is 0 Å². The van der Waals surface area contributed by atoms with E-state index in [-0.39, 0.29) is 6.10 Å². The van der Waals surface area contributed by atoms with Gasteiger partial charge < -0.3 is 4.74 Å². The van der Waals surface area contributed by atoms with Crippen LogP contribution in [0.2, 0.25) is 0 Å². The minimum Gasteiger partial charge on any atom is -0.486 e. The van der Waals surface area contributed by atoms with Gasteiger partial charge in [0.15, 0.2) is 0 Å². The van der Waals surface area contributed by atoms with Crippen molar-refractivity contribution in [2.24, 2.45) is 0 Å². The summed E-state index contributed by atoms with van der Waals surface area (Å²) in [6.45, 7) is 4.08. The molecule has 0 fully saturated rings. The minimum absolute atomic E-state index is 0.169.